The summed E-state index contributed by atoms with van der Waals surface area (Å²) in [6, 6.07) is 0.622. The van der Waals surface area contributed by atoms with Gasteiger partial charge in [0, 0.05) is 26.4 Å². The van der Waals surface area contributed by atoms with Crippen LogP contribution in [0.2, 0.25) is 0 Å². The number of ether oxygens (including phenoxy) is 2. The number of rotatable bonds is 10. The number of hydrogen-bond donors (Lipinski definition) is 1. The second kappa shape index (κ2) is 9.86. The molecule has 102 valence electrons. The standard InChI is InChI=1S/C14H29NO2/c1-3-10-15-13(9-12-16-2)6-4-7-14-8-5-11-17-14/h13-15H,3-12H2,1-2H3. The van der Waals surface area contributed by atoms with Crippen LogP contribution in [0.25, 0.3) is 0 Å². The van der Waals surface area contributed by atoms with E-state index in [4.69, 9.17) is 9.47 Å². The molecule has 1 aliphatic heterocycles. The summed E-state index contributed by atoms with van der Waals surface area (Å²) in [7, 11) is 1.78. The lowest BCUT2D eigenvalue weighted by Gasteiger charge is -2.19. The van der Waals surface area contributed by atoms with Gasteiger partial charge < -0.3 is 14.8 Å². The van der Waals surface area contributed by atoms with Crippen LogP contribution < -0.4 is 5.32 Å². The zero-order chi connectivity index (χ0) is 12.3. The molecule has 3 heteroatoms. The van der Waals surface area contributed by atoms with E-state index in [1.807, 2.05) is 0 Å². The van der Waals surface area contributed by atoms with Crippen molar-refractivity contribution in [3.63, 3.8) is 0 Å². The minimum Gasteiger partial charge on any atom is -0.385 e. The highest BCUT2D eigenvalue weighted by atomic mass is 16.5. The van der Waals surface area contributed by atoms with Gasteiger partial charge >= 0.3 is 0 Å². The molecule has 0 aliphatic carbocycles. The first-order chi connectivity index (χ1) is 8.36. The molecule has 1 heterocycles. The Kier molecular flexibility index (Phi) is 8.67. The third-order valence-electron chi connectivity index (χ3n) is 3.46. The fourth-order valence-electron chi connectivity index (χ4n) is 2.42. The van der Waals surface area contributed by atoms with Crippen LogP contribution in [-0.4, -0.2) is 39.0 Å². The van der Waals surface area contributed by atoms with Gasteiger partial charge in [0.15, 0.2) is 0 Å². The summed E-state index contributed by atoms with van der Waals surface area (Å²) in [5.41, 5.74) is 0. The SMILES string of the molecule is CCCNC(CCCC1CCCO1)CCOC. The highest BCUT2D eigenvalue weighted by molar-refractivity contribution is 4.70. The van der Waals surface area contributed by atoms with Gasteiger partial charge in [-0.2, -0.15) is 0 Å². The highest BCUT2D eigenvalue weighted by Gasteiger charge is 2.15. The van der Waals surface area contributed by atoms with E-state index >= 15 is 0 Å². The normalized spacial score (nSPS) is 21.9. The topological polar surface area (TPSA) is 30.5 Å². The van der Waals surface area contributed by atoms with Crippen molar-refractivity contribution in [1.82, 2.24) is 5.32 Å². The Balaban J connectivity index is 2.08. The molecule has 1 fully saturated rings. The van der Waals surface area contributed by atoms with E-state index in [2.05, 4.69) is 12.2 Å². The molecule has 1 N–H and O–H groups in total. The molecule has 2 unspecified atom stereocenters. The Morgan fingerprint density at radius 2 is 2.29 bits per heavy atom. The predicted molar refractivity (Wildman–Crippen MR) is 71.4 cm³/mol. The quantitative estimate of drug-likeness (QED) is 0.640. The fourth-order valence-corrected chi connectivity index (χ4v) is 2.42. The van der Waals surface area contributed by atoms with Crippen LogP contribution in [0, 0.1) is 0 Å². The molecule has 0 aromatic carbocycles. The lowest BCUT2D eigenvalue weighted by molar-refractivity contribution is 0.100. The number of nitrogens with one attached hydrogen (secondary N) is 1. The molecule has 0 saturated carbocycles. The summed E-state index contributed by atoms with van der Waals surface area (Å²) in [5.74, 6) is 0. The highest BCUT2D eigenvalue weighted by Crippen LogP contribution is 2.18. The lowest BCUT2D eigenvalue weighted by atomic mass is 10.0. The van der Waals surface area contributed by atoms with Crippen molar-refractivity contribution in [3.05, 3.63) is 0 Å². The summed E-state index contributed by atoms with van der Waals surface area (Å²) in [5, 5.41) is 3.61. The first kappa shape index (κ1) is 14.9. The van der Waals surface area contributed by atoms with E-state index in [1.54, 1.807) is 7.11 Å². The molecule has 0 aromatic heterocycles. The van der Waals surface area contributed by atoms with E-state index in [9.17, 15) is 0 Å². The van der Waals surface area contributed by atoms with E-state index in [-0.39, 0.29) is 0 Å². The van der Waals surface area contributed by atoms with Crippen LogP contribution in [0.3, 0.4) is 0 Å². The fraction of sp³-hybridized carbons (Fsp3) is 1.00. The molecule has 3 nitrogen and oxygen atoms in total. The van der Waals surface area contributed by atoms with Gasteiger partial charge in [0.25, 0.3) is 0 Å². The van der Waals surface area contributed by atoms with Gasteiger partial charge in [-0.15, -0.1) is 0 Å². The van der Waals surface area contributed by atoms with Gasteiger partial charge in [-0.05, 0) is 51.5 Å². The van der Waals surface area contributed by atoms with Gasteiger partial charge in [-0.3, -0.25) is 0 Å². The molecule has 0 bridgehead atoms. The smallest absolute Gasteiger partial charge is 0.0576 e. The minimum atomic E-state index is 0.546. The molecular formula is C14H29NO2. The molecule has 0 aromatic rings. The molecule has 17 heavy (non-hydrogen) atoms. The Morgan fingerprint density at radius 1 is 1.41 bits per heavy atom. The lowest BCUT2D eigenvalue weighted by Crippen LogP contribution is -2.31. The average Bonchev–Trinajstić information content (AvgIpc) is 2.85. The number of methoxy groups -OCH3 is 1. The van der Waals surface area contributed by atoms with Gasteiger partial charge in [-0.25, -0.2) is 0 Å². The summed E-state index contributed by atoms with van der Waals surface area (Å²) in [6.07, 6.45) is 9.16. The molecule has 2 atom stereocenters. The molecule has 1 saturated heterocycles. The Bertz CT molecular complexity index is 162. The van der Waals surface area contributed by atoms with Gasteiger partial charge in [0.2, 0.25) is 0 Å². The van der Waals surface area contributed by atoms with Crippen molar-refractivity contribution in [2.75, 3.05) is 26.9 Å². The van der Waals surface area contributed by atoms with E-state index in [0.717, 1.165) is 26.2 Å². The average molecular weight is 243 g/mol. The first-order valence-corrected chi connectivity index (χ1v) is 7.20. The first-order valence-electron chi connectivity index (χ1n) is 7.20. The van der Waals surface area contributed by atoms with Gasteiger partial charge in [0.05, 0.1) is 6.10 Å². The van der Waals surface area contributed by atoms with Gasteiger partial charge in [-0.1, -0.05) is 6.92 Å². The molecule has 1 aliphatic rings. The van der Waals surface area contributed by atoms with Crippen molar-refractivity contribution in [3.8, 4) is 0 Å². The molecule has 0 spiro atoms. The Labute approximate surface area is 106 Å². The molecular weight excluding hydrogens is 214 g/mol. The van der Waals surface area contributed by atoms with Crippen molar-refractivity contribution < 1.29 is 9.47 Å². The second-order valence-electron chi connectivity index (χ2n) is 5.00. The van der Waals surface area contributed by atoms with E-state index in [0.29, 0.717) is 12.1 Å². The van der Waals surface area contributed by atoms with Crippen LogP contribution in [0.4, 0.5) is 0 Å². The maximum atomic E-state index is 5.65. The molecule has 0 amide bonds. The van der Waals surface area contributed by atoms with Gasteiger partial charge in [0.1, 0.15) is 0 Å². The Hall–Kier alpha value is -0.120. The van der Waals surface area contributed by atoms with Crippen molar-refractivity contribution >= 4 is 0 Å². The maximum absolute atomic E-state index is 5.65. The van der Waals surface area contributed by atoms with Crippen molar-refractivity contribution in [2.24, 2.45) is 0 Å². The summed E-state index contributed by atoms with van der Waals surface area (Å²) in [6.45, 7) is 5.17. The van der Waals surface area contributed by atoms with E-state index < -0.39 is 0 Å². The van der Waals surface area contributed by atoms with Crippen LogP contribution >= 0.6 is 0 Å². The number of hydrogen-bond acceptors (Lipinski definition) is 3. The maximum Gasteiger partial charge on any atom is 0.0576 e. The summed E-state index contributed by atoms with van der Waals surface area (Å²) < 4.78 is 10.8. The second-order valence-corrected chi connectivity index (χ2v) is 5.00. The monoisotopic (exact) mass is 243 g/mol. The Morgan fingerprint density at radius 3 is 2.94 bits per heavy atom. The summed E-state index contributed by atoms with van der Waals surface area (Å²) >= 11 is 0. The van der Waals surface area contributed by atoms with Crippen molar-refractivity contribution in [2.45, 2.75) is 64.0 Å². The molecule has 1 rings (SSSR count). The largest absolute Gasteiger partial charge is 0.385 e. The minimum absolute atomic E-state index is 0.546. The zero-order valence-electron chi connectivity index (χ0n) is 11.5. The van der Waals surface area contributed by atoms with Crippen LogP contribution in [0.1, 0.15) is 51.9 Å². The van der Waals surface area contributed by atoms with E-state index in [1.165, 1.54) is 38.5 Å². The van der Waals surface area contributed by atoms with Crippen LogP contribution in [0.15, 0.2) is 0 Å². The third kappa shape index (κ3) is 7.02. The van der Waals surface area contributed by atoms with Crippen molar-refractivity contribution in [1.29, 1.82) is 0 Å². The predicted octanol–water partition coefficient (Wildman–Crippen LogP) is 2.74. The zero-order valence-corrected chi connectivity index (χ0v) is 11.5. The third-order valence-corrected chi connectivity index (χ3v) is 3.46. The van der Waals surface area contributed by atoms with Crippen LogP contribution in [0.5, 0.6) is 0 Å². The summed E-state index contributed by atoms with van der Waals surface area (Å²) in [4.78, 5) is 0. The van der Waals surface area contributed by atoms with Crippen LogP contribution in [-0.2, 0) is 9.47 Å². The molecule has 0 radical (unpaired) electrons.